The van der Waals surface area contributed by atoms with Crippen LogP contribution in [0.2, 0.25) is 0 Å². The number of aromatic nitrogens is 2. The van der Waals surface area contributed by atoms with Crippen LogP contribution in [-0.4, -0.2) is 16.0 Å². The van der Waals surface area contributed by atoms with E-state index in [1.165, 1.54) is 0 Å². The number of halogens is 1. The Morgan fingerprint density at radius 2 is 2.06 bits per heavy atom. The van der Waals surface area contributed by atoms with Crippen molar-refractivity contribution in [2.45, 2.75) is 0 Å². The first-order chi connectivity index (χ1) is 7.72. The van der Waals surface area contributed by atoms with Crippen molar-refractivity contribution in [1.29, 1.82) is 0 Å². The Morgan fingerprint density at radius 3 is 2.69 bits per heavy atom. The van der Waals surface area contributed by atoms with Crippen molar-refractivity contribution in [3.63, 3.8) is 0 Å². The van der Waals surface area contributed by atoms with Crippen molar-refractivity contribution < 1.29 is 4.79 Å². The van der Waals surface area contributed by atoms with E-state index in [9.17, 15) is 4.79 Å². The standard InChI is InChI=1S/C11H10BrN3O/c1-15-6-13-10(11(15)14-7-16)8-2-4-9(12)5-3-8/h2-7H,1H3,(H,14,16). The molecule has 0 atom stereocenters. The normalized spacial score (nSPS) is 10.1. The third kappa shape index (κ3) is 1.99. The van der Waals surface area contributed by atoms with Crippen LogP contribution >= 0.6 is 15.9 Å². The van der Waals surface area contributed by atoms with Gasteiger partial charge in [0.1, 0.15) is 11.5 Å². The molecule has 0 spiro atoms. The molecule has 1 N–H and O–H groups in total. The van der Waals surface area contributed by atoms with Crippen molar-refractivity contribution in [2.75, 3.05) is 5.32 Å². The summed E-state index contributed by atoms with van der Waals surface area (Å²) in [4.78, 5) is 14.8. The maximum atomic E-state index is 10.5. The summed E-state index contributed by atoms with van der Waals surface area (Å²) < 4.78 is 2.78. The molecule has 4 nitrogen and oxygen atoms in total. The number of imidazole rings is 1. The monoisotopic (exact) mass is 279 g/mol. The highest BCUT2D eigenvalue weighted by molar-refractivity contribution is 9.10. The predicted molar refractivity (Wildman–Crippen MR) is 66.0 cm³/mol. The predicted octanol–water partition coefficient (Wildman–Crippen LogP) is 2.42. The van der Waals surface area contributed by atoms with Gasteiger partial charge in [-0.3, -0.25) is 4.79 Å². The van der Waals surface area contributed by atoms with E-state index in [0.717, 1.165) is 15.7 Å². The van der Waals surface area contributed by atoms with Crippen LogP contribution in [0.5, 0.6) is 0 Å². The SMILES string of the molecule is Cn1cnc(-c2ccc(Br)cc2)c1NC=O. The van der Waals surface area contributed by atoms with E-state index in [0.29, 0.717) is 12.2 Å². The summed E-state index contributed by atoms with van der Waals surface area (Å²) in [7, 11) is 1.83. The molecule has 1 aromatic heterocycles. The van der Waals surface area contributed by atoms with Crippen molar-refractivity contribution in [2.24, 2.45) is 7.05 Å². The molecule has 0 aliphatic heterocycles. The molecule has 0 bridgehead atoms. The second-order valence-electron chi connectivity index (χ2n) is 3.32. The fourth-order valence-corrected chi connectivity index (χ4v) is 1.74. The van der Waals surface area contributed by atoms with Crippen LogP contribution in [0.4, 0.5) is 5.82 Å². The zero-order valence-electron chi connectivity index (χ0n) is 8.64. The van der Waals surface area contributed by atoms with Gasteiger partial charge in [-0.05, 0) is 12.1 Å². The molecule has 82 valence electrons. The van der Waals surface area contributed by atoms with Gasteiger partial charge in [-0.2, -0.15) is 0 Å². The lowest BCUT2D eigenvalue weighted by molar-refractivity contribution is -0.105. The molecule has 16 heavy (non-hydrogen) atoms. The molecule has 2 aromatic rings. The number of amides is 1. The van der Waals surface area contributed by atoms with Gasteiger partial charge in [-0.25, -0.2) is 4.98 Å². The van der Waals surface area contributed by atoms with Crippen molar-refractivity contribution >= 4 is 28.2 Å². The van der Waals surface area contributed by atoms with Gasteiger partial charge in [0.2, 0.25) is 6.41 Å². The van der Waals surface area contributed by atoms with Crippen molar-refractivity contribution in [3.8, 4) is 11.3 Å². The number of nitrogens with zero attached hydrogens (tertiary/aromatic N) is 2. The lowest BCUT2D eigenvalue weighted by atomic mass is 10.1. The minimum absolute atomic E-state index is 0.652. The fraction of sp³-hybridized carbons (Fsp3) is 0.0909. The summed E-state index contributed by atoms with van der Waals surface area (Å²) in [6.07, 6.45) is 2.32. The van der Waals surface area contributed by atoms with Gasteiger partial charge in [-0.1, -0.05) is 28.1 Å². The first kappa shape index (κ1) is 10.9. The fourth-order valence-electron chi connectivity index (χ4n) is 1.48. The minimum Gasteiger partial charge on any atom is -0.320 e. The molecule has 0 unspecified atom stereocenters. The lowest BCUT2D eigenvalue weighted by Crippen LogP contribution is -2.01. The molecular weight excluding hydrogens is 270 g/mol. The molecule has 5 heteroatoms. The highest BCUT2D eigenvalue weighted by Gasteiger charge is 2.09. The second kappa shape index (κ2) is 4.49. The van der Waals surface area contributed by atoms with E-state index in [1.54, 1.807) is 10.9 Å². The van der Waals surface area contributed by atoms with Crippen LogP contribution < -0.4 is 5.32 Å². The number of hydrogen-bond donors (Lipinski definition) is 1. The van der Waals surface area contributed by atoms with Crippen LogP contribution in [0, 0.1) is 0 Å². The molecule has 0 saturated carbocycles. The highest BCUT2D eigenvalue weighted by atomic mass is 79.9. The van der Waals surface area contributed by atoms with Gasteiger partial charge in [0.05, 0.1) is 6.33 Å². The first-order valence-electron chi connectivity index (χ1n) is 4.70. The van der Waals surface area contributed by atoms with E-state index < -0.39 is 0 Å². The minimum atomic E-state index is 0.652. The Labute approximate surface area is 101 Å². The summed E-state index contributed by atoms with van der Waals surface area (Å²) in [6, 6.07) is 7.77. The van der Waals surface area contributed by atoms with Crippen LogP contribution in [0.3, 0.4) is 0 Å². The summed E-state index contributed by atoms with van der Waals surface area (Å²) in [6.45, 7) is 0. The van der Waals surface area contributed by atoms with Crippen LogP contribution in [0.25, 0.3) is 11.3 Å². The molecule has 0 aliphatic carbocycles. The van der Waals surface area contributed by atoms with Gasteiger partial charge in [0, 0.05) is 17.1 Å². The molecule has 0 aliphatic rings. The molecule has 2 rings (SSSR count). The third-order valence-corrected chi connectivity index (χ3v) is 2.78. The van der Waals surface area contributed by atoms with Crippen LogP contribution in [0.15, 0.2) is 35.1 Å². The highest BCUT2D eigenvalue weighted by Crippen LogP contribution is 2.26. The average molecular weight is 280 g/mol. The van der Waals surface area contributed by atoms with Crippen LogP contribution in [0.1, 0.15) is 0 Å². The summed E-state index contributed by atoms with van der Waals surface area (Å²) >= 11 is 3.38. The Balaban J connectivity index is 2.47. The largest absolute Gasteiger partial charge is 0.320 e. The van der Waals surface area contributed by atoms with Crippen molar-refractivity contribution in [1.82, 2.24) is 9.55 Å². The van der Waals surface area contributed by atoms with Gasteiger partial charge in [-0.15, -0.1) is 0 Å². The Morgan fingerprint density at radius 1 is 1.38 bits per heavy atom. The average Bonchev–Trinajstić information content (AvgIpc) is 2.63. The number of hydrogen-bond acceptors (Lipinski definition) is 2. The Hall–Kier alpha value is -1.62. The number of rotatable bonds is 3. The molecular formula is C11H10BrN3O. The van der Waals surface area contributed by atoms with Gasteiger partial charge >= 0.3 is 0 Å². The molecule has 0 radical (unpaired) electrons. The molecule has 0 saturated heterocycles. The second-order valence-corrected chi connectivity index (χ2v) is 4.24. The van der Waals surface area contributed by atoms with Gasteiger partial charge in [0.25, 0.3) is 0 Å². The Kier molecular flexibility index (Phi) is 3.05. The molecule has 1 aromatic carbocycles. The van der Waals surface area contributed by atoms with E-state index >= 15 is 0 Å². The quantitative estimate of drug-likeness (QED) is 0.878. The van der Waals surface area contributed by atoms with E-state index in [-0.39, 0.29) is 0 Å². The zero-order chi connectivity index (χ0) is 11.5. The number of carbonyl (C=O) groups is 1. The van der Waals surface area contributed by atoms with Crippen LogP contribution in [-0.2, 0) is 11.8 Å². The summed E-state index contributed by atoms with van der Waals surface area (Å²) in [5, 5.41) is 2.65. The molecule has 1 heterocycles. The van der Waals surface area contributed by atoms with Gasteiger partial charge < -0.3 is 9.88 Å². The first-order valence-corrected chi connectivity index (χ1v) is 5.49. The number of nitrogens with one attached hydrogen (secondary N) is 1. The smallest absolute Gasteiger partial charge is 0.212 e. The number of carbonyl (C=O) groups excluding carboxylic acids is 1. The van der Waals surface area contributed by atoms with E-state index in [2.05, 4.69) is 26.2 Å². The third-order valence-electron chi connectivity index (χ3n) is 2.25. The number of aryl methyl sites for hydroxylation is 1. The maximum absolute atomic E-state index is 10.5. The zero-order valence-corrected chi connectivity index (χ0v) is 10.2. The molecule has 1 amide bonds. The summed E-state index contributed by atoms with van der Waals surface area (Å²) in [5.41, 5.74) is 1.73. The lowest BCUT2D eigenvalue weighted by Gasteiger charge is -2.04. The molecule has 0 fully saturated rings. The number of benzene rings is 1. The van der Waals surface area contributed by atoms with Crippen molar-refractivity contribution in [3.05, 3.63) is 35.1 Å². The number of anilines is 1. The van der Waals surface area contributed by atoms with Gasteiger partial charge in [0.15, 0.2) is 0 Å². The Bertz CT molecular complexity index is 504. The topological polar surface area (TPSA) is 46.9 Å². The van der Waals surface area contributed by atoms with E-state index in [1.807, 2.05) is 31.3 Å². The van der Waals surface area contributed by atoms with E-state index in [4.69, 9.17) is 0 Å². The maximum Gasteiger partial charge on any atom is 0.212 e. The summed E-state index contributed by atoms with van der Waals surface area (Å²) in [5.74, 6) is 0.692.